The summed E-state index contributed by atoms with van der Waals surface area (Å²) in [6.45, 7) is 9.19. The van der Waals surface area contributed by atoms with E-state index in [1.54, 1.807) is 7.11 Å². The smallest absolute Gasteiger partial charge is 0.230 e. The van der Waals surface area contributed by atoms with E-state index in [-0.39, 0.29) is 17.4 Å². The molecule has 0 bridgehead atoms. The normalized spacial score (nSPS) is 25.1. The Morgan fingerprint density at radius 2 is 2.25 bits per heavy atom. The third-order valence-electron chi connectivity index (χ3n) is 3.31. The summed E-state index contributed by atoms with van der Waals surface area (Å²) in [6.07, 6.45) is 0.933. The monoisotopic (exact) mass is 228 g/mol. The molecule has 1 aliphatic heterocycles. The van der Waals surface area contributed by atoms with Gasteiger partial charge < -0.3 is 15.0 Å². The zero-order chi connectivity index (χ0) is 12.2. The van der Waals surface area contributed by atoms with E-state index in [9.17, 15) is 4.79 Å². The van der Waals surface area contributed by atoms with Crippen molar-refractivity contribution in [1.29, 1.82) is 0 Å². The van der Waals surface area contributed by atoms with Gasteiger partial charge in [0.15, 0.2) is 0 Å². The predicted octanol–water partition coefficient (Wildman–Crippen LogP) is 0.869. The maximum atomic E-state index is 12.4. The molecular weight excluding hydrogens is 204 g/mol. The number of nitrogens with one attached hydrogen (secondary N) is 1. The number of nitrogens with zero attached hydrogens (tertiary/aromatic N) is 1. The van der Waals surface area contributed by atoms with Crippen molar-refractivity contribution in [2.45, 2.75) is 33.2 Å². The van der Waals surface area contributed by atoms with Gasteiger partial charge in [-0.1, -0.05) is 0 Å². The SMILES string of the molecule is COCCN(C(=O)C1(C)CCNC1)C(C)C. The second-order valence-corrected chi connectivity index (χ2v) is 5.07. The molecule has 0 aliphatic carbocycles. The molecule has 1 heterocycles. The Balaban J connectivity index is 2.66. The summed E-state index contributed by atoms with van der Waals surface area (Å²) in [5.41, 5.74) is -0.224. The van der Waals surface area contributed by atoms with E-state index in [4.69, 9.17) is 4.74 Å². The van der Waals surface area contributed by atoms with Crippen LogP contribution in [0, 0.1) is 5.41 Å². The Hall–Kier alpha value is -0.610. The first-order valence-electron chi connectivity index (χ1n) is 6.02. The van der Waals surface area contributed by atoms with Gasteiger partial charge in [0.05, 0.1) is 12.0 Å². The second-order valence-electron chi connectivity index (χ2n) is 5.07. The summed E-state index contributed by atoms with van der Waals surface area (Å²) in [6, 6.07) is 0.236. The largest absolute Gasteiger partial charge is 0.383 e. The number of amides is 1. The molecule has 1 aliphatic rings. The fourth-order valence-corrected chi connectivity index (χ4v) is 2.13. The van der Waals surface area contributed by atoms with Crippen molar-refractivity contribution in [3.8, 4) is 0 Å². The molecule has 1 saturated heterocycles. The van der Waals surface area contributed by atoms with Crippen molar-refractivity contribution in [3.63, 3.8) is 0 Å². The quantitative estimate of drug-likeness (QED) is 0.759. The lowest BCUT2D eigenvalue weighted by Gasteiger charge is -2.34. The van der Waals surface area contributed by atoms with Gasteiger partial charge in [-0.15, -0.1) is 0 Å². The van der Waals surface area contributed by atoms with E-state index in [0.717, 1.165) is 19.5 Å². The summed E-state index contributed by atoms with van der Waals surface area (Å²) < 4.78 is 5.06. The topological polar surface area (TPSA) is 41.6 Å². The average Bonchev–Trinajstić information content (AvgIpc) is 2.66. The molecule has 0 aromatic rings. The zero-order valence-corrected chi connectivity index (χ0v) is 10.9. The molecule has 1 rings (SSSR count). The van der Waals surface area contributed by atoms with Gasteiger partial charge in [0, 0.05) is 26.2 Å². The van der Waals surface area contributed by atoms with Crippen molar-refractivity contribution in [3.05, 3.63) is 0 Å². The molecule has 94 valence electrons. The molecule has 0 aromatic carbocycles. The van der Waals surface area contributed by atoms with Crippen LogP contribution in [0.4, 0.5) is 0 Å². The van der Waals surface area contributed by atoms with Crippen molar-refractivity contribution in [2.24, 2.45) is 5.41 Å². The standard InChI is InChI=1S/C12H24N2O2/c1-10(2)14(7-8-16-4)11(15)12(3)5-6-13-9-12/h10,13H,5-9H2,1-4H3. The van der Waals surface area contributed by atoms with Gasteiger partial charge in [0.25, 0.3) is 0 Å². The van der Waals surface area contributed by atoms with Crippen LogP contribution < -0.4 is 5.32 Å². The lowest BCUT2D eigenvalue weighted by molar-refractivity contribution is -0.142. The van der Waals surface area contributed by atoms with Crippen LogP contribution in [-0.2, 0) is 9.53 Å². The molecule has 1 amide bonds. The molecule has 0 saturated carbocycles. The lowest BCUT2D eigenvalue weighted by atomic mass is 9.87. The van der Waals surface area contributed by atoms with Gasteiger partial charge in [-0.05, 0) is 33.7 Å². The van der Waals surface area contributed by atoms with Gasteiger partial charge in [-0.25, -0.2) is 0 Å². The van der Waals surface area contributed by atoms with Crippen LogP contribution in [0.5, 0.6) is 0 Å². The summed E-state index contributed by atoms with van der Waals surface area (Å²) in [4.78, 5) is 14.4. The van der Waals surface area contributed by atoms with E-state index in [1.165, 1.54) is 0 Å². The highest BCUT2D eigenvalue weighted by Crippen LogP contribution is 2.27. The number of carbonyl (C=O) groups excluding carboxylic acids is 1. The van der Waals surface area contributed by atoms with Gasteiger partial charge in [0.2, 0.25) is 5.91 Å². The number of methoxy groups -OCH3 is 1. The van der Waals surface area contributed by atoms with Gasteiger partial charge in [-0.3, -0.25) is 4.79 Å². The average molecular weight is 228 g/mol. The van der Waals surface area contributed by atoms with Crippen molar-refractivity contribution < 1.29 is 9.53 Å². The highest BCUT2D eigenvalue weighted by molar-refractivity contribution is 5.83. The summed E-state index contributed by atoms with van der Waals surface area (Å²) in [5.74, 6) is 0.254. The minimum atomic E-state index is -0.224. The van der Waals surface area contributed by atoms with Crippen LogP contribution in [0.25, 0.3) is 0 Å². The number of ether oxygens (including phenoxy) is 1. The molecule has 0 aromatic heterocycles. The van der Waals surface area contributed by atoms with Gasteiger partial charge >= 0.3 is 0 Å². The molecule has 1 N–H and O–H groups in total. The minimum absolute atomic E-state index is 0.224. The summed E-state index contributed by atoms with van der Waals surface area (Å²) in [5, 5.41) is 3.26. The molecule has 4 heteroatoms. The molecular formula is C12H24N2O2. The second kappa shape index (κ2) is 5.64. The van der Waals surface area contributed by atoms with Crippen molar-refractivity contribution >= 4 is 5.91 Å². The van der Waals surface area contributed by atoms with Crippen molar-refractivity contribution in [2.75, 3.05) is 33.4 Å². The summed E-state index contributed by atoms with van der Waals surface area (Å²) >= 11 is 0. The fourth-order valence-electron chi connectivity index (χ4n) is 2.13. The maximum absolute atomic E-state index is 12.4. The number of rotatable bonds is 5. The minimum Gasteiger partial charge on any atom is -0.383 e. The first-order chi connectivity index (χ1) is 7.51. The molecule has 1 unspecified atom stereocenters. The van der Waals surface area contributed by atoms with Crippen LogP contribution in [0.15, 0.2) is 0 Å². The third-order valence-corrected chi connectivity index (χ3v) is 3.31. The molecule has 0 radical (unpaired) electrons. The van der Waals surface area contributed by atoms with Crippen LogP contribution in [0.1, 0.15) is 27.2 Å². The number of carbonyl (C=O) groups is 1. The predicted molar refractivity (Wildman–Crippen MR) is 64.3 cm³/mol. The van der Waals surface area contributed by atoms with Crippen LogP contribution in [0.3, 0.4) is 0 Å². The Kier molecular flexibility index (Phi) is 4.74. The molecule has 1 atom stereocenters. The van der Waals surface area contributed by atoms with E-state index < -0.39 is 0 Å². The molecule has 0 spiro atoms. The Morgan fingerprint density at radius 1 is 1.56 bits per heavy atom. The fraction of sp³-hybridized carbons (Fsp3) is 0.917. The number of hydrogen-bond donors (Lipinski definition) is 1. The first-order valence-corrected chi connectivity index (χ1v) is 6.02. The zero-order valence-electron chi connectivity index (χ0n) is 10.9. The van der Waals surface area contributed by atoms with Crippen LogP contribution >= 0.6 is 0 Å². The van der Waals surface area contributed by atoms with Crippen molar-refractivity contribution in [1.82, 2.24) is 10.2 Å². The highest BCUT2D eigenvalue weighted by atomic mass is 16.5. The van der Waals surface area contributed by atoms with E-state index >= 15 is 0 Å². The third kappa shape index (κ3) is 2.95. The Morgan fingerprint density at radius 3 is 2.69 bits per heavy atom. The highest BCUT2D eigenvalue weighted by Gasteiger charge is 2.39. The summed E-state index contributed by atoms with van der Waals surface area (Å²) in [7, 11) is 1.67. The Labute approximate surface area is 98.3 Å². The number of hydrogen-bond acceptors (Lipinski definition) is 3. The van der Waals surface area contributed by atoms with Gasteiger partial charge in [-0.2, -0.15) is 0 Å². The lowest BCUT2D eigenvalue weighted by Crippen LogP contribution is -2.48. The Bertz CT molecular complexity index is 235. The first kappa shape index (κ1) is 13.5. The maximum Gasteiger partial charge on any atom is 0.230 e. The van der Waals surface area contributed by atoms with E-state index in [1.807, 2.05) is 4.90 Å². The molecule has 1 fully saturated rings. The van der Waals surface area contributed by atoms with E-state index in [0.29, 0.717) is 13.2 Å². The van der Waals surface area contributed by atoms with Gasteiger partial charge in [0.1, 0.15) is 0 Å². The molecule has 4 nitrogen and oxygen atoms in total. The van der Waals surface area contributed by atoms with Crippen LogP contribution in [-0.4, -0.2) is 50.2 Å². The van der Waals surface area contributed by atoms with E-state index in [2.05, 4.69) is 26.1 Å². The molecule has 16 heavy (non-hydrogen) atoms. The van der Waals surface area contributed by atoms with Crippen LogP contribution in [0.2, 0.25) is 0 Å².